The van der Waals surface area contributed by atoms with Gasteiger partial charge in [-0.2, -0.15) is 0 Å². The molecular formula is C25H30N4O3S. The number of carbonyl (C=O) groups is 2. The molecule has 2 saturated heterocycles. The summed E-state index contributed by atoms with van der Waals surface area (Å²) < 4.78 is 5.40. The van der Waals surface area contributed by atoms with Gasteiger partial charge in [0, 0.05) is 55.5 Å². The third kappa shape index (κ3) is 4.83. The van der Waals surface area contributed by atoms with Crippen LogP contribution in [0.2, 0.25) is 0 Å². The highest BCUT2D eigenvalue weighted by molar-refractivity contribution is 7.11. The number of carbonyl (C=O) groups excluding carboxylic acids is 2. The molecule has 1 aromatic carbocycles. The number of nitrogens with one attached hydrogen (secondary N) is 1. The summed E-state index contributed by atoms with van der Waals surface area (Å²) in [6.07, 6.45) is 3.22. The standard InChI is InChI=1S/C25H30N4O3S/c30-24-22(21-5-3-18-33-21)23(25(31)29(24)13-4-10-27-14-16-32-17-15-27)26-19-6-8-20(9-7-19)28-11-1-2-12-28/h3,5-9,18,26H,1-2,4,10-17H2. The highest BCUT2D eigenvalue weighted by Gasteiger charge is 2.39. The summed E-state index contributed by atoms with van der Waals surface area (Å²) in [6.45, 7) is 6.76. The summed E-state index contributed by atoms with van der Waals surface area (Å²) >= 11 is 1.48. The Hall–Kier alpha value is -2.68. The fourth-order valence-electron chi connectivity index (χ4n) is 4.70. The van der Waals surface area contributed by atoms with E-state index in [9.17, 15) is 9.59 Å². The van der Waals surface area contributed by atoms with Gasteiger partial charge in [0.1, 0.15) is 5.70 Å². The van der Waals surface area contributed by atoms with Gasteiger partial charge >= 0.3 is 0 Å². The Kier molecular flexibility index (Phi) is 6.75. The number of benzene rings is 1. The molecule has 0 spiro atoms. The fraction of sp³-hybridized carbons (Fsp3) is 0.440. The van der Waals surface area contributed by atoms with E-state index in [1.54, 1.807) is 0 Å². The van der Waals surface area contributed by atoms with Crippen molar-refractivity contribution in [2.75, 3.05) is 62.7 Å². The first-order valence-electron chi connectivity index (χ1n) is 11.8. The number of hydrogen-bond acceptors (Lipinski definition) is 7. The smallest absolute Gasteiger partial charge is 0.278 e. The average Bonchev–Trinajstić information content (AvgIpc) is 3.60. The zero-order valence-electron chi connectivity index (χ0n) is 18.8. The molecule has 3 aliphatic heterocycles. The third-order valence-corrected chi connectivity index (χ3v) is 7.39. The zero-order valence-corrected chi connectivity index (χ0v) is 19.6. The second-order valence-electron chi connectivity index (χ2n) is 8.66. The largest absolute Gasteiger partial charge is 0.379 e. The topological polar surface area (TPSA) is 65.1 Å². The van der Waals surface area contributed by atoms with Crippen LogP contribution in [0.3, 0.4) is 0 Å². The maximum absolute atomic E-state index is 13.3. The summed E-state index contributed by atoms with van der Waals surface area (Å²) in [6, 6.07) is 12.0. The van der Waals surface area contributed by atoms with Crippen molar-refractivity contribution < 1.29 is 14.3 Å². The molecule has 8 heteroatoms. The van der Waals surface area contributed by atoms with Crippen LogP contribution in [0.25, 0.3) is 5.57 Å². The number of rotatable bonds is 8. The predicted octanol–water partition coefficient (Wildman–Crippen LogP) is 3.26. The van der Waals surface area contributed by atoms with Gasteiger partial charge in [0.15, 0.2) is 0 Å². The van der Waals surface area contributed by atoms with Crippen LogP contribution in [0.5, 0.6) is 0 Å². The van der Waals surface area contributed by atoms with Crippen LogP contribution in [-0.4, -0.2) is 74.1 Å². The van der Waals surface area contributed by atoms with Gasteiger partial charge in [-0.1, -0.05) is 6.07 Å². The van der Waals surface area contributed by atoms with Gasteiger partial charge in [-0.3, -0.25) is 19.4 Å². The highest BCUT2D eigenvalue weighted by Crippen LogP contribution is 2.33. The number of imide groups is 1. The molecule has 5 rings (SSSR count). The Morgan fingerprint density at radius 3 is 2.36 bits per heavy atom. The molecule has 0 saturated carbocycles. The van der Waals surface area contributed by atoms with Crippen molar-refractivity contribution in [2.24, 2.45) is 0 Å². The molecular weight excluding hydrogens is 436 g/mol. The lowest BCUT2D eigenvalue weighted by molar-refractivity contribution is -0.136. The molecule has 0 unspecified atom stereocenters. The van der Waals surface area contributed by atoms with Crippen molar-refractivity contribution in [2.45, 2.75) is 19.3 Å². The second-order valence-corrected chi connectivity index (χ2v) is 9.61. The Balaban J connectivity index is 1.31. The fourth-order valence-corrected chi connectivity index (χ4v) is 5.47. The number of anilines is 2. The van der Waals surface area contributed by atoms with E-state index in [2.05, 4.69) is 27.2 Å². The SMILES string of the molecule is O=C1C(Nc2ccc(N3CCCC3)cc2)=C(c2cccs2)C(=O)N1CCCN1CCOCC1. The lowest BCUT2D eigenvalue weighted by Crippen LogP contribution is -2.39. The zero-order chi connectivity index (χ0) is 22.6. The maximum atomic E-state index is 13.3. The molecule has 0 atom stereocenters. The van der Waals surface area contributed by atoms with E-state index in [4.69, 9.17) is 4.74 Å². The molecule has 1 aromatic heterocycles. The maximum Gasteiger partial charge on any atom is 0.278 e. The van der Waals surface area contributed by atoms with E-state index in [0.717, 1.165) is 62.9 Å². The molecule has 3 aliphatic rings. The molecule has 174 valence electrons. The molecule has 2 fully saturated rings. The van der Waals surface area contributed by atoms with E-state index < -0.39 is 0 Å². The van der Waals surface area contributed by atoms with Gasteiger partial charge in [-0.25, -0.2) is 0 Å². The van der Waals surface area contributed by atoms with Crippen molar-refractivity contribution in [3.63, 3.8) is 0 Å². The number of hydrogen-bond donors (Lipinski definition) is 1. The highest BCUT2D eigenvalue weighted by atomic mass is 32.1. The van der Waals surface area contributed by atoms with Gasteiger partial charge < -0.3 is 15.0 Å². The summed E-state index contributed by atoms with van der Waals surface area (Å²) in [4.78, 5) is 33.5. The first-order chi connectivity index (χ1) is 16.2. The minimum atomic E-state index is -0.242. The van der Waals surface area contributed by atoms with Crippen molar-refractivity contribution >= 4 is 40.1 Å². The quantitative estimate of drug-likeness (QED) is 0.603. The molecule has 0 aliphatic carbocycles. The van der Waals surface area contributed by atoms with Crippen LogP contribution < -0.4 is 10.2 Å². The summed E-state index contributed by atoms with van der Waals surface area (Å²) in [5.74, 6) is -0.449. The van der Waals surface area contributed by atoms with Crippen LogP contribution >= 0.6 is 11.3 Å². The van der Waals surface area contributed by atoms with Gasteiger partial charge in [0.05, 0.1) is 18.8 Å². The van der Waals surface area contributed by atoms with Crippen molar-refractivity contribution in [1.29, 1.82) is 0 Å². The molecule has 4 heterocycles. The van der Waals surface area contributed by atoms with Gasteiger partial charge in [0.25, 0.3) is 11.8 Å². The monoisotopic (exact) mass is 466 g/mol. The Morgan fingerprint density at radius 2 is 1.67 bits per heavy atom. The van der Waals surface area contributed by atoms with Crippen LogP contribution in [0, 0.1) is 0 Å². The summed E-state index contributed by atoms with van der Waals surface area (Å²) in [5, 5.41) is 5.21. The summed E-state index contributed by atoms with van der Waals surface area (Å²) in [7, 11) is 0. The predicted molar refractivity (Wildman–Crippen MR) is 131 cm³/mol. The molecule has 1 N–H and O–H groups in total. The van der Waals surface area contributed by atoms with E-state index in [1.807, 2.05) is 29.6 Å². The molecule has 7 nitrogen and oxygen atoms in total. The lowest BCUT2D eigenvalue weighted by Gasteiger charge is -2.27. The molecule has 0 radical (unpaired) electrons. The first kappa shape index (κ1) is 22.1. The summed E-state index contributed by atoms with van der Waals surface area (Å²) in [5.41, 5.74) is 2.87. The average molecular weight is 467 g/mol. The van der Waals surface area contributed by atoms with E-state index in [-0.39, 0.29) is 11.8 Å². The minimum absolute atomic E-state index is 0.208. The number of ether oxygens (including phenoxy) is 1. The van der Waals surface area contributed by atoms with Crippen molar-refractivity contribution in [3.8, 4) is 0 Å². The van der Waals surface area contributed by atoms with Gasteiger partial charge in [-0.05, 0) is 55.0 Å². The van der Waals surface area contributed by atoms with Crippen LogP contribution in [-0.2, 0) is 14.3 Å². The van der Waals surface area contributed by atoms with E-state index in [1.165, 1.54) is 34.8 Å². The first-order valence-corrected chi connectivity index (χ1v) is 12.6. The second kappa shape index (κ2) is 10.1. The van der Waals surface area contributed by atoms with Crippen LogP contribution in [0.15, 0.2) is 47.5 Å². The number of morpholine rings is 1. The Labute approximate surface area is 198 Å². The van der Waals surface area contributed by atoms with E-state index in [0.29, 0.717) is 17.8 Å². The Morgan fingerprint density at radius 1 is 0.909 bits per heavy atom. The molecule has 33 heavy (non-hydrogen) atoms. The molecule has 0 bridgehead atoms. The molecule has 2 aromatic rings. The lowest BCUT2D eigenvalue weighted by atomic mass is 10.1. The normalized spacial score (nSPS) is 19.8. The minimum Gasteiger partial charge on any atom is -0.379 e. The van der Waals surface area contributed by atoms with Gasteiger partial charge in [-0.15, -0.1) is 11.3 Å². The van der Waals surface area contributed by atoms with Gasteiger partial charge in [0.2, 0.25) is 0 Å². The van der Waals surface area contributed by atoms with Crippen LogP contribution in [0.1, 0.15) is 24.1 Å². The number of nitrogens with zero attached hydrogens (tertiary/aromatic N) is 3. The van der Waals surface area contributed by atoms with Crippen molar-refractivity contribution in [3.05, 3.63) is 52.4 Å². The van der Waals surface area contributed by atoms with Crippen molar-refractivity contribution in [1.82, 2.24) is 9.80 Å². The number of amides is 2. The third-order valence-electron chi connectivity index (χ3n) is 6.50. The Bertz CT molecular complexity index is 1010. The molecule has 2 amide bonds. The number of thiophene rings is 1. The van der Waals surface area contributed by atoms with E-state index >= 15 is 0 Å². The van der Waals surface area contributed by atoms with Crippen LogP contribution in [0.4, 0.5) is 11.4 Å².